The van der Waals surface area contributed by atoms with Gasteiger partial charge < -0.3 is 14.8 Å². The fraction of sp³-hybridized carbons (Fsp3) is 0.385. The Hall–Kier alpha value is -2.04. The maximum absolute atomic E-state index is 11.7. The fourth-order valence-corrected chi connectivity index (χ4v) is 1.96. The molecule has 1 aliphatic carbocycles. The summed E-state index contributed by atoms with van der Waals surface area (Å²) in [7, 11) is 0. The van der Waals surface area contributed by atoms with Gasteiger partial charge in [-0.15, -0.1) is 0 Å². The average Bonchev–Trinajstić information content (AvgIpc) is 2.27. The summed E-state index contributed by atoms with van der Waals surface area (Å²) < 4.78 is 10.5. The van der Waals surface area contributed by atoms with E-state index in [2.05, 4.69) is 5.32 Å². The van der Waals surface area contributed by atoms with Gasteiger partial charge in [-0.05, 0) is 25.0 Å². The quantitative estimate of drug-likeness (QED) is 0.638. The number of carbonyl (C=O) groups is 2. The molecule has 5 nitrogen and oxygen atoms in total. The van der Waals surface area contributed by atoms with E-state index in [0.29, 0.717) is 17.2 Å². The lowest BCUT2D eigenvalue weighted by molar-refractivity contribution is -0.141. The molecule has 1 heterocycles. The molecule has 18 heavy (non-hydrogen) atoms. The van der Waals surface area contributed by atoms with E-state index in [-0.39, 0.29) is 24.4 Å². The summed E-state index contributed by atoms with van der Waals surface area (Å²) in [5, 5.41) is 2.68. The number of rotatable bonds is 2. The number of fused-ring (bicyclic) bond motifs is 1. The molecule has 0 unspecified atom stereocenters. The minimum absolute atomic E-state index is 0.00692. The van der Waals surface area contributed by atoms with Crippen molar-refractivity contribution in [1.82, 2.24) is 0 Å². The van der Waals surface area contributed by atoms with Gasteiger partial charge in [0.15, 0.2) is 6.61 Å². The molecule has 3 rings (SSSR count). The molecule has 1 aliphatic heterocycles. The van der Waals surface area contributed by atoms with Gasteiger partial charge in [-0.1, -0.05) is 6.42 Å². The lowest BCUT2D eigenvalue weighted by Crippen LogP contribution is -2.27. The van der Waals surface area contributed by atoms with Crippen molar-refractivity contribution in [3.8, 4) is 11.5 Å². The van der Waals surface area contributed by atoms with Crippen LogP contribution in [-0.4, -0.2) is 18.5 Å². The van der Waals surface area contributed by atoms with E-state index < -0.39 is 0 Å². The Labute approximate surface area is 104 Å². The van der Waals surface area contributed by atoms with Crippen molar-refractivity contribution < 1.29 is 19.1 Å². The molecule has 1 amide bonds. The molecule has 0 radical (unpaired) electrons. The lowest BCUT2D eigenvalue weighted by Gasteiger charge is -2.23. The summed E-state index contributed by atoms with van der Waals surface area (Å²) in [5.74, 6) is 0.680. The molecule has 1 aromatic carbocycles. The van der Waals surface area contributed by atoms with Crippen LogP contribution in [0, 0.1) is 5.92 Å². The van der Waals surface area contributed by atoms with Gasteiger partial charge in [-0.2, -0.15) is 0 Å². The van der Waals surface area contributed by atoms with E-state index in [9.17, 15) is 9.59 Å². The van der Waals surface area contributed by atoms with Gasteiger partial charge in [0, 0.05) is 6.07 Å². The molecule has 1 fully saturated rings. The van der Waals surface area contributed by atoms with Crippen molar-refractivity contribution in [3.63, 3.8) is 0 Å². The first-order chi connectivity index (χ1) is 8.72. The maximum atomic E-state index is 11.7. The molecule has 1 saturated carbocycles. The SMILES string of the molecule is O=C1COc2cc(OC(=O)C3CCC3)ccc2N1. The molecule has 0 aromatic heterocycles. The Kier molecular flexibility index (Phi) is 2.66. The van der Waals surface area contributed by atoms with Gasteiger partial charge >= 0.3 is 5.97 Å². The third-order valence-corrected chi connectivity index (χ3v) is 3.24. The number of carbonyl (C=O) groups excluding carboxylic acids is 2. The number of ether oxygens (including phenoxy) is 2. The second kappa shape index (κ2) is 4.33. The van der Waals surface area contributed by atoms with Crippen LogP contribution in [0.4, 0.5) is 5.69 Å². The Bertz CT molecular complexity index is 508. The Morgan fingerprint density at radius 2 is 2.22 bits per heavy atom. The minimum Gasteiger partial charge on any atom is -0.481 e. The van der Waals surface area contributed by atoms with Crippen LogP contribution in [0.25, 0.3) is 0 Å². The van der Waals surface area contributed by atoms with Crippen molar-refractivity contribution in [2.75, 3.05) is 11.9 Å². The summed E-state index contributed by atoms with van der Waals surface area (Å²) in [6, 6.07) is 4.96. The van der Waals surface area contributed by atoms with E-state index in [1.54, 1.807) is 18.2 Å². The van der Waals surface area contributed by atoms with Crippen molar-refractivity contribution in [2.24, 2.45) is 5.92 Å². The van der Waals surface area contributed by atoms with Crippen LogP contribution < -0.4 is 14.8 Å². The predicted octanol–water partition coefficient (Wildman–Crippen LogP) is 1.72. The molecular formula is C13H13NO4. The summed E-state index contributed by atoms with van der Waals surface area (Å²) in [6.07, 6.45) is 2.92. The zero-order chi connectivity index (χ0) is 12.5. The van der Waals surface area contributed by atoms with Gasteiger partial charge in [0.2, 0.25) is 0 Å². The minimum atomic E-state index is -0.180. The highest BCUT2D eigenvalue weighted by Crippen LogP contribution is 2.33. The number of esters is 1. The molecule has 0 bridgehead atoms. The number of amides is 1. The second-order valence-electron chi connectivity index (χ2n) is 4.54. The van der Waals surface area contributed by atoms with Crippen molar-refractivity contribution >= 4 is 17.6 Å². The van der Waals surface area contributed by atoms with E-state index in [1.807, 2.05) is 0 Å². The third kappa shape index (κ3) is 2.03. The van der Waals surface area contributed by atoms with Gasteiger partial charge in [0.1, 0.15) is 11.5 Å². The number of hydrogen-bond acceptors (Lipinski definition) is 4. The van der Waals surface area contributed by atoms with Crippen molar-refractivity contribution in [3.05, 3.63) is 18.2 Å². The first-order valence-corrected chi connectivity index (χ1v) is 6.01. The highest BCUT2D eigenvalue weighted by atomic mass is 16.5. The molecule has 2 aliphatic rings. The molecule has 0 atom stereocenters. The lowest BCUT2D eigenvalue weighted by atomic mass is 9.86. The predicted molar refractivity (Wildman–Crippen MR) is 63.5 cm³/mol. The molecule has 94 valence electrons. The van der Waals surface area contributed by atoms with Crippen LogP contribution >= 0.6 is 0 Å². The number of anilines is 1. The van der Waals surface area contributed by atoms with E-state index in [4.69, 9.17) is 9.47 Å². The molecule has 1 aromatic rings. The number of hydrogen-bond donors (Lipinski definition) is 1. The Balaban J connectivity index is 1.73. The van der Waals surface area contributed by atoms with E-state index in [1.165, 1.54) is 0 Å². The van der Waals surface area contributed by atoms with Crippen LogP contribution in [0.1, 0.15) is 19.3 Å². The summed E-state index contributed by atoms with van der Waals surface area (Å²) in [6.45, 7) is -0.00692. The van der Waals surface area contributed by atoms with Crippen LogP contribution in [0.3, 0.4) is 0 Å². The van der Waals surface area contributed by atoms with E-state index >= 15 is 0 Å². The highest BCUT2D eigenvalue weighted by Gasteiger charge is 2.27. The largest absolute Gasteiger partial charge is 0.481 e. The second-order valence-corrected chi connectivity index (χ2v) is 4.54. The molecular weight excluding hydrogens is 234 g/mol. The zero-order valence-electron chi connectivity index (χ0n) is 9.77. The first-order valence-electron chi connectivity index (χ1n) is 6.01. The summed E-state index contributed by atoms with van der Waals surface area (Å²) in [4.78, 5) is 22.8. The van der Waals surface area contributed by atoms with Crippen LogP contribution in [-0.2, 0) is 9.59 Å². The normalized spacial score (nSPS) is 18.1. The van der Waals surface area contributed by atoms with Gasteiger partial charge in [0.25, 0.3) is 5.91 Å². The van der Waals surface area contributed by atoms with Gasteiger partial charge in [0.05, 0.1) is 11.6 Å². The third-order valence-electron chi connectivity index (χ3n) is 3.24. The number of nitrogens with one attached hydrogen (secondary N) is 1. The molecule has 5 heteroatoms. The Morgan fingerprint density at radius 1 is 1.39 bits per heavy atom. The van der Waals surface area contributed by atoms with Crippen LogP contribution in [0.5, 0.6) is 11.5 Å². The van der Waals surface area contributed by atoms with Crippen molar-refractivity contribution in [1.29, 1.82) is 0 Å². The highest BCUT2D eigenvalue weighted by molar-refractivity contribution is 5.95. The monoisotopic (exact) mass is 247 g/mol. The zero-order valence-corrected chi connectivity index (χ0v) is 9.77. The van der Waals surface area contributed by atoms with Crippen molar-refractivity contribution in [2.45, 2.75) is 19.3 Å². The van der Waals surface area contributed by atoms with E-state index in [0.717, 1.165) is 19.3 Å². The van der Waals surface area contributed by atoms with Gasteiger partial charge in [-0.3, -0.25) is 9.59 Å². The average molecular weight is 247 g/mol. The van der Waals surface area contributed by atoms with Crippen LogP contribution in [0.2, 0.25) is 0 Å². The van der Waals surface area contributed by atoms with Crippen LogP contribution in [0.15, 0.2) is 18.2 Å². The Morgan fingerprint density at radius 3 is 2.94 bits per heavy atom. The topological polar surface area (TPSA) is 64.6 Å². The number of benzene rings is 1. The molecule has 0 saturated heterocycles. The fourth-order valence-electron chi connectivity index (χ4n) is 1.96. The molecule has 0 spiro atoms. The van der Waals surface area contributed by atoms with Gasteiger partial charge in [-0.25, -0.2) is 0 Å². The smallest absolute Gasteiger partial charge is 0.314 e. The molecule has 1 N–H and O–H groups in total. The standard InChI is InChI=1S/C13H13NO4/c15-12-7-17-11-6-9(4-5-10(11)14-12)18-13(16)8-2-1-3-8/h4-6,8H,1-3,7H2,(H,14,15). The summed E-state index contributed by atoms with van der Waals surface area (Å²) in [5.41, 5.74) is 0.606. The first kappa shape index (κ1) is 11.1. The summed E-state index contributed by atoms with van der Waals surface area (Å²) >= 11 is 0. The maximum Gasteiger partial charge on any atom is 0.314 e.